The van der Waals surface area contributed by atoms with E-state index in [9.17, 15) is 0 Å². The van der Waals surface area contributed by atoms with Gasteiger partial charge in [-0.1, -0.05) is 0 Å². The van der Waals surface area contributed by atoms with Crippen molar-refractivity contribution in [2.45, 2.75) is 37.4 Å². The van der Waals surface area contributed by atoms with Crippen molar-refractivity contribution in [2.24, 2.45) is 0 Å². The van der Waals surface area contributed by atoms with Crippen LogP contribution in [0.5, 0.6) is 0 Å². The van der Waals surface area contributed by atoms with Crippen molar-refractivity contribution in [1.29, 1.82) is 0 Å². The van der Waals surface area contributed by atoms with Crippen molar-refractivity contribution in [2.75, 3.05) is 13.2 Å². The Kier molecular flexibility index (Phi) is 19.7. The van der Waals surface area contributed by atoms with Crippen LogP contribution in [0.15, 0.2) is 0 Å². The first-order valence-electron chi connectivity index (χ1n) is 5.10. The molecule has 103 valence electrons. The summed E-state index contributed by atoms with van der Waals surface area (Å²) in [4.78, 5) is -0.231. The van der Waals surface area contributed by atoms with Crippen LogP contribution in [0.3, 0.4) is 0 Å². The van der Waals surface area contributed by atoms with Crippen LogP contribution in [0.2, 0.25) is 0 Å². The molecule has 0 N–H and O–H groups in total. The molecule has 0 atom stereocenters. The standard InChI is InChI=1S/C4H7Cl2O.C4H9O.3ClH.2Ti/c5-4(6)2-1-3-7;1-2-3-4-5;;;;;/h4H,1-3H2;2-4H2,1H3;3*1H;;/q2*-1;;;;+1;+4/p-3. The average molecular weight is 417 g/mol. The number of alkyl halides is 2. The van der Waals surface area contributed by atoms with E-state index in [4.69, 9.17) is 57.8 Å². The zero-order valence-electron chi connectivity index (χ0n) is 9.53. The molecule has 17 heavy (non-hydrogen) atoms. The number of rotatable bonds is 8. The molecule has 0 aromatic carbocycles. The summed E-state index contributed by atoms with van der Waals surface area (Å²) in [6.45, 7) is 3.40. The Morgan fingerprint density at radius 1 is 1.12 bits per heavy atom. The predicted octanol–water partition coefficient (Wildman–Crippen LogP) is 5.38. The third-order valence-corrected chi connectivity index (χ3v) is 4.37. The van der Waals surface area contributed by atoms with E-state index in [0.29, 0.717) is 6.61 Å². The van der Waals surface area contributed by atoms with Gasteiger partial charge in [-0.2, -0.15) is 0 Å². The molecule has 0 rings (SSSR count). The molecule has 2 nitrogen and oxygen atoms in total. The van der Waals surface area contributed by atoms with E-state index in [0.717, 1.165) is 32.3 Å². The minimum atomic E-state index is -3.21. The van der Waals surface area contributed by atoms with Gasteiger partial charge in [0.1, 0.15) is 0 Å². The topological polar surface area (TPSA) is 18.5 Å². The Hall–Kier alpha value is 2.80. The van der Waals surface area contributed by atoms with E-state index >= 15 is 0 Å². The fraction of sp³-hybridized carbons (Fsp3) is 1.00. The first kappa shape index (κ1) is 22.1. The molecule has 9 heteroatoms. The van der Waals surface area contributed by atoms with Gasteiger partial charge in [0.2, 0.25) is 0 Å². The van der Waals surface area contributed by atoms with Gasteiger partial charge in [0, 0.05) is 0 Å². The second-order valence-corrected chi connectivity index (χ2v) is 15.6. The van der Waals surface area contributed by atoms with Crippen molar-refractivity contribution >= 4 is 51.1 Å². The molecule has 0 unspecified atom stereocenters. The van der Waals surface area contributed by atoms with Crippen molar-refractivity contribution in [3.63, 3.8) is 0 Å². The Balaban J connectivity index is 0. The normalized spacial score (nSPS) is 11.2. The van der Waals surface area contributed by atoms with E-state index in [2.05, 4.69) is 6.92 Å². The van der Waals surface area contributed by atoms with Crippen LogP contribution < -0.4 is 0 Å². The quantitative estimate of drug-likeness (QED) is 0.300. The van der Waals surface area contributed by atoms with Gasteiger partial charge < -0.3 is 0 Å². The third kappa shape index (κ3) is 27.9. The summed E-state index contributed by atoms with van der Waals surface area (Å²) in [6.07, 6.45) is 3.80. The number of unbranched alkanes of at least 4 members (excludes halogenated alkanes) is 1. The molecule has 0 heterocycles. The van der Waals surface area contributed by atoms with Crippen molar-refractivity contribution in [1.82, 2.24) is 0 Å². The molecule has 0 aliphatic rings. The van der Waals surface area contributed by atoms with Crippen LogP contribution in [-0.4, -0.2) is 18.1 Å². The molecule has 0 fully saturated rings. The van der Waals surface area contributed by atoms with Crippen LogP contribution >= 0.6 is 51.1 Å². The molecule has 0 spiro atoms. The van der Waals surface area contributed by atoms with Gasteiger partial charge in [-0.15, -0.1) is 0 Å². The van der Waals surface area contributed by atoms with Crippen LogP contribution in [0.4, 0.5) is 0 Å². The Labute approximate surface area is 141 Å². The van der Waals surface area contributed by atoms with Gasteiger partial charge in [0.25, 0.3) is 0 Å². The van der Waals surface area contributed by atoms with Crippen molar-refractivity contribution < 1.29 is 41.3 Å². The minimum absolute atomic E-state index is 0.231. The summed E-state index contributed by atoms with van der Waals surface area (Å²) in [5.41, 5.74) is 0. The van der Waals surface area contributed by atoms with E-state index in [-0.39, 0.29) is 4.84 Å². The number of hydrogen-bond acceptors (Lipinski definition) is 2. The summed E-state index contributed by atoms with van der Waals surface area (Å²) >= 11 is 9.30. The Bertz CT molecular complexity index is 157. The number of hydrogen-bond donors (Lipinski definition) is 0. The molecular formula is C8H16Cl5O2Ti2. The van der Waals surface area contributed by atoms with Gasteiger partial charge in [0.15, 0.2) is 0 Å². The van der Waals surface area contributed by atoms with E-state index in [1.54, 1.807) is 20.8 Å². The molecule has 0 bridgehead atoms. The Morgan fingerprint density at radius 3 is 2.06 bits per heavy atom. The predicted molar refractivity (Wildman–Crippen MR) is 69.1 cm³/mol. The molecule has 0 aliphatic heterocycles. The summed E-state index contributed by atoms with van der Waals surface area (Å²) in [6, 6.07) is 0. The third-order valence-electron chi connectivity index (χ3n) is 1.43. The second-order valence-electron chi connectivity index (χ2n) is 3.03. The molecule has 0 aliphatic carbocycles. The van der Waals surface area contributed by atoms with Crippen molar-refractivity contribution in [3.05, 3.63) is 0 Å². The maximum absolute atomic E-state index is 5.47. The van der Waals surface area contributed by atoms with Gasteiger partial charge in [0.05, 0.1) is 0 Å². The van der Waals surface area contributed by atoms with E-state index < -0.39 is 13.8 Å². The fourth-order valence-electron chi connectivity index (χ4n) is 0.642. The molecule has 0 aromatic rings. The van der Waals surface area contributed by atoms with Gasteiger partial charge in [-0.3, -0.25) is 0 Å². The van der Waals surface area contributed by atoms with Crippen LogP contribution in [0.25, 0.3) is 0 Å². The van der Waals surface area contributed by atoms with Gasteiger partial charge in [-0.05, 0) is 0 Å². The van der Waals surface area contributed by atoms with Crippen LogP contribution in [-0.2, 0) is 41.3 Å². The first-order chi connectivity index (χ1) is 7.83. The maximum atomic E-state index is 5.47. The fourth-order valence-corrected chi connectivity index (χ4v) is 2.72. The molecule has 0 amide bonds. The SMILES string of the molecule is CCCC[O][Ti]([Cl])([Cl])[Cl].ClC(Cl)CCC[O][Ti]. The molecular weight excluding hydrogens is 401 g/mol. The average Bonchev–Trinajstić information content (AvgIpc) is 2.17. The van der Waals surface area contributed by atoms with E-state index in [1.165, 1.54) is 0 Å². The zero-order valence-corrected chi connectivity index (χ0v) is 16.4. The molecule has 0 aromatic heterocycles. The molecule has 0 saturated heterocycles. The van der Waals surface area contributed by atoms with Gasteiger partial charge in [-0.25, -0.2) is 0 Å². The summed E-state index contributed by atoms with van der Waals surface area (Å²) in [5, 5.41) is 0. The number of halogens is 5. The van der Waals surface area contributed by atoms with Crippen LogP contribution in [0.1, 0.15) is 32.6 Å². The molecule has 0 saturated carbocycles. The van der Waals surface area contributed by atoms with Gasteiger partial charge >= 0.3 is 143 Å². The molecule has 0 radical (unpaired) electrons. The summed E-state index contributed by atoms with van der Waals surface area (Å²) in [7, 11) is 16.4. The van der Waals surface area contributed by atoms with Crippen LogP contribution in [0, 0.1) is 0 Å². The second kappa shape index (κ2) is 15.2. The van der Waals surface area contributed by atoms with Crippen molar-refractivity contribution in [3.8, 4) is 0 Å². The Morgan fingerprint density at radius 2 is 1.71 bits per heavy atom. The summed E-state index contributed by atoms with van der Waals surface area (Å²) in [5.74, 6) is 0. The summed E-state index contributed by atoms with van der Waals surface area (Å²) < 4.78 is 9.73. The van der Waals surface area contributed by atoms with E-state index in [1.807, 2.05) is 0 Å². The zero-order chi connectivity index (χ0) is 13.7. The first-order valence-corrected chi connectivity index (χ1v) is 13.7. The monoisotopic (exact) mass is 415 g/mol.